The summed E-state index contributed by atoms with van der Waals surface area (Å²) in [5, 5.41) is 29.4. The van der Waals surface area contributed by atoms with Gasteiger partial charge in [0, 0.05) is 18.6 Å². The summed E-state index contributed by atoms with van der Waals surface area (Å²) in [6, 6.07) is 2.61. The lowest BCUT2D eigenvalue weighted by Gasteiger charge is -2.28. The Kier molecular flexibility index (Phi) is 12.9. The number of aliphatic hydroxyl groups is 1. The maximum absolute atomic E-state index is 13.3. The van der Waals surface area contributed by atoms with Crippen LogP contribution in [-0.2, 0) is 25.6 Å². The Morgan fingerprint density at radius 3 is 2.03 bits per heavy atom. The number of hydrogen-bond acceptors (Lipinski definition) is 7. The van der Waals surface area contributed by atoms with Crippen LogP contribution in [0.25, 0.3) is 0 Å². The molecule has 1 aromatic carbocycles. The van der Waals surface area contributed by atoms with E-state index in [0.29, 0.717) is 12.0 Å². The number of nitrogens with zero attached hydrogens (tertiary/aromatic N) is 1. The predicted octanol–water partition coefficient (Wildman–Crippen LogP) is 2.60. The van der Waals surface area contributed by atoms with Crippen molar-refractivity contribution in [1.82, 2.24) is 16.0 Å². The highest BCUT2D eigenvalue weighted by molar-refractivity contribution is 5.98. The van der Waals surface area contributed by atoms with Gasteiger partial charge >= 0.3 is 0 Å². The third kappa shape index (κ3) is 12.7. The summed E-state index contributed by atoms with van der Waals surface area (Å²) in [7, 11) is 0. The van der Waals surface area contributed by atoms with Crippen molar-refractivity contribution in [2.24, 2.45) is 11.8 Å². The second-order valence-electron chi connectivity index (χ2n) is 11.2. The van der Waals surface area contributed by atoms with E-state index in [9.17, 15) is 34.4 Å². The lowest BCUT2D eigenvalue weighted by molar-refractivity contribution is -0.384. The molecule has 11 heteroatoms. The van der Waals surface area contributed by atoms with Gasteiger partial charge in [-0.05, 0) is 50.2 Å². The highest BCUT2D eigenvalue weighted by Crippen LogP contribution is 2.16. The Balaban J connectivity index is 3.10. The SMILES string of the molecule is C=CC(=O)[C@H](CC(C)C)NC(=O)[C@H](CC(C)C)NC(=O)[C@H](CC(C)(C)O)NC(=O)Cc1cccc([N+](=O)[O-])c1. The molecule has 1 rings (SSSR count). The molecule has 0 aliphatic carbocycles. The first-order chi connectivity index (χ1) is 18.0. The van der Waals surface area contributed by atoms with E-state index in [2.05, 4.69) is 22.5 Å². The van der Waals surface area contributed by atoms with Crippen molar-refractivity contribution >= 4 is 29.2 Å². The van der Waals surface area contributed by atoms with Gasteiger partial charge in [-0.15, -0.1) is 0 Å². The van der Waals surface area contributed by atoms with Crippen LogP contribution < -0.4 is 16.0 Å². The molecule has 3 atom stereocenters. The van der Waals surface area contributed by atoms with Crippen LogP contribution >= 0.6 is 0 Å². The van der Waals surface area contributed by atoms with Crippen molar-refractivity contribution in [3.05, 3.63) is 52.6 Å². The number of nitro groups is 1. The van der Waals surface area contributed by atoms with E-state index in [1.807, 2.05) is 27.7 Å². The molecule has 216 valence electrons. The lowest BCUT2D eigenvalue weighted by Crippen LogP contribution is -2.57. The second kappa shape index (κ2) is 15.1. The molecule has 0 heterocycles. The molecule has 0 bridgehead atoms. The molecule has 0 saturated heterocycles. The van der Waals surface area contributed by atoms with Crippen LogP contribution in [0.1, 0.15) is 66.4 Å². The van der Waals surface area contributed by atoms with Gasteiger partial charge in [0.15, 0.2) is 5.78 Å². The summed E-state index contributed by atoms with van der Waals surface area (Å²) in [5.41, 5.74) is -1.13. The summed E-state index contributed by atoms with van der Waals surface area (Å²) in [6.45, 7) is 14.1. The van der Waals surface area contributed by atoms with E-state index in [1.54, 1.807) is 6.07 Å². The normalized spacial score (nSPS) is 13.8. The van der Waals surface area contributed by atoms with Crippen molar-refractivity contribution in [2.45, 2.75) is 91.0 Å². The van der Waals surface area contributed by atoms with E-state index in [4.69, 9.17) is 0 Å². The molecular formula is C28H42N4O7. The number of non-ortho nitro benzene ring substituents is 1. The van der Waals surface area contributed by atoms with Gasteiger partial charge in [0.1, 0.15) is 12.1 Å². The molecule has 0 aromatic heterocycles. The smallest absolute Gasteiger partial charge is 0.269 e. The molecule has 3 amide bonds. The maximum atomic E-state index is 13.3. The van der Waals surface area contributed by atoms with Gasteiger partial charge in [0.25, 0.3) is 5.69 Å². The van der Waals surface area contributed by atoms with Crippen LogP contribution in [0.4, 0.5) is 5.69 Å². The molecule has 11 nitrogen and oxygen atoms in total. The Bertz CT molecular complexity index is 1050. The summed E-state index contributed by atoms with van der Waals surface area (Å²) in [4.78, 5) is 62.1. The topological polar surface area (TPSA) is 168 Å². The largest absolute Gasteiger partial charge is 0.390 e. The fraction of sp³-hybridized carbons (Fsp3) is 0.571. The average molecular weight is 547 g/mol. The Morgan fingerprint density at radius 2 is 1.51 bits per heavy atom. The Labute approximate surface area is 230 Å². The van der Waals surface area contributed by atoms with E-state index < -0.39 is 46.4 Å². The minimum atomic E-state index is -1.34. The van der Waals surface area contributed by atoms with Crippen LogP contribution in [0.5, 0.6) is 0 Å². The van der Waals surface area contributed by atoms with Crippen molar-refractivity contribution in [2.75, 3.05) is 0 Å². The first kappa shape index (κ1) is 33.4. The third-order valence-corrected chi connectivity index (χ3v) is 5.75. The summed E-state index contributed by atoms with van der Waals surface area (Å²) >= 11 is 0. The number of carbonyl (C=O) groups excluding carboxylic acids is 4. The van der Waals surface area contributed by atoms with Crippen molar-refractivity contribution in [1.29, 1.82) is 0 Å². The molecule has 0 unspecified atom stereocenters. The summed E-state index contributed by atoms with van der Waals surface area (Å²) < 4.78 is 0. The van der Waals surface area contributed by atoms with Crippen LogP contribution in [0, 0.1) is 22.0 Å². The van der Waals surface area contributed by atoms with Crippen LogP contribution in [-0.4, -0.2) is 57.3 Å². The zero-order chi connectivity index (χ0) is 29.9. The number of nitrogens with one attached hydrogen (secondary N) is 3. The van der Waals surface area contributed by atoms with Gasteiger partial charge in [-0.3, -0.25) is 29.3 Å². The van der Waals surface area contributed by atoms with Gasteiger partial charge in [-0.25, -0.2) is 0 Å². The number of benzene rings is 1. The molecule has 1 aromatic rings. The first-order valence-electron chi connectivity index (χ1n) is 13.0. The lowest BCUT2D eigenvalue weighted by atomic mass is 9.96. The highest BCUT2D eigenvalue weighted by atomic mass is 16.6. The molecule has 39 heavy (non-hydrogen) atoms. The quantitative estimate of drug-likeness (QED) is 0.140. The first-order valence-corrected chi connectivity index (χ1v) is 13.0. The highest BCUT2D eigenvalue weighted by Gasteiger charge is 2.32. The average Bonchev–Trinajstić information content (AvgIpc) is 2.80. The number of hydrogen-bond donors (Lipinski definition) is 4. The zero-order valence-electron chi connectivity index (χ0n) is 23.7. The standard InChI is InChI=1S/C28H42N4O7/c1-8-24(33)21(12-17(2)3)30-26(35)22(13-18(4)5)31-27(36)23(16-28(6,7)37)29-25(34)15-19-10-9-11-20(14-19)32(38)39/h8-11,14,17-18,21-23,37H,1,12-13,15-16H2,2-7H3,(H,29,34)(H,30,35)(H,31,36)/t21-,22-,23-/m0/s1. The second-order valence-corrected chi connectivity index (χ2v) is 11.2. The molecule has 0 aliphatic rings. The van der Waals surface area contributed by atoms with Crippen LogP contribution in [0.15, 0.2) is 36.9 Å². The molecule has 0 aliphatic heterocycles. The van der Waals surface area contributed by atoms with E-state index in [1.165, 1.54) is 32.0 Å². The molecule has 0 radical (unpaired) electrons. The van der Waals surface area contributed by atoms with Gasteiger partial charge in [0.05, 0.1) is 23.0 Å². The Morgan fingerprint density at radius 1 is 0.974 bits per heavy atom. The fourth-order valence-electron chi connectivity index (χ4n) is 4.03. The number of amides is 3. The van der Waals surface area contributed by atoms with Gasteiger partial charge in [-0.1, -0.05) is 46.4 Å². The molecule has 0 fully saturated rings. The van der Waals surface area contributed by atoms with Crippen molar-refractivity contribution < 1.29 is 29.2 Å². The summed E-state index contributed by atoms with van der Waals surface area (Å²) in [6.07, 6.45) is 1.44. The molecule has 0 spiro atoms. The van der Waals surface area contributed by atoms with Gasteiger partial charge in [-0.2, -0.15) is 0 Å². The minimum Gasteiger partial charge on any atom is -0.390 e. The number of rotatable bonds is 16. The number of ketones is 1. The van der Waals surface area contributed by atoms with Crippen molar-refractivity contribution in [3.8, 4) is 0 Å². The van der Waals surface area contributed by atoms with E-state index >= 15 is 0 Å². The van der Waals surface area contributed by atoms with E-state index in [0.717, 1.165) is 6.08 Å². The number of carbonyl (C=O) groups is 4. The Hall–Kier alpha value is -3.60. The molecule has 4 N–H and O–H groups in total. The fourth-order valence-corrected chi connectivity index (χ4v) is 4.03. The molecular weight excluding hydrogens is 504 g/mol. The van der Waals surface area contributed by atoms with Gasteiger partial charge in [0.2, 0.25) is 17.7 Å². The van der Waals surface area contributed by atoms with Crippen LogP contribution in [0.2, 0.25) is 0 Å². The van der Waals surface area contributed by atoms with Gasteiger partial charge < -0.3 is 21.1 Å². The maximum Gasteiger partial charge on any atom is 0.269 e. The monoisotopic (exact) mass is 546 g/mol. The van der Waals surface area contributed by atoms with Crippen LogP contribution in [0.3, 0.4) is 0 Å². The minimum absolute atomic E-state index is 0.0101. The summed E-state index contributed by atoms with van der Waals surface area (Å²) in [5.74, 6) is -2.01. The van der Waals surface area contributed by atoms with E-state index in [-0.39, 0.29) is 42.6 Å². The third-order valence-electron chi connectivity index (χ3n) is 5.75. The van der Waals surface area contributed by atoms with Crippen molar-refractivity contribution in [3.63, 3.8) is 0 Å². The zero-order valence-corrected chi connectivity index (χ0v) is 23.7. The molecule has 0 saturated carbocycles. The number of nitro benzene ring substituents is 1. The predicted molar refractivity (Wildman–Crippen MR) is 148 cm³/mol.